The molecule has 1 aromatic rings. The van der Waals surface area contributed by atoms with Crippen LogP contribution in [0.4, 0.5) is 0 Å². The number of rotatable bonds is 2. The quantitative estimate of drug-likeness (QED) is 0.812. The van der Waals surface area contributed by atoms with Gasteiger partial charge in [-0.2, -0.15) is 0 Å². The van der Waals surface area contributed by atoms with E-state index in [-0.39, 0.29) is 23.9 Å². The number of carbonyl (C=O) groups excluding carboxylic acids is 1. The highest BCUT2D eigenvalue weighted by molar-refractivity contribution is 5.80. The Bertz CT molecular complexity index is 443. The van der Waals surface area contributed by atoms with Crippen molar-refractivity contribution < 1.29 is 13.9 Å². The minimum atomic E-state index is -0.220. The van der Waals surface area contributed by atoms with Crippen LogP contribution in [0.25, 0.3) is 0 Å². The van der Waals surface area contributed by atoms with Crippen LogP contribution in [0, 0.1) is 5.92 Å². The number of ether oxygens (including phenoxy) is 1. The summed E-state index contributed by atoms with van der Waals surface area (Å²) in [7, 11) is 0. The smallest absolute Gasteiger partial charge is 0.227 e. The number of carbonyl (C=O) groups is 1. The second-order valence-electron chi connectivity index (χ2n) is 5.06. The first-order valence-electron chi connectivity index (χ1n) is 6.45. The lowest BCUT2D eigenvalue weighted by Crippen LogP contribution is -2.42. The van der Waals surface area contributed by atoms with Crippen molar-refractivity contribution in [2.75, 3.05) is 13.2 Å². The lowest BCUT2D eigenvalue weighted by atomic mass is 9.92. The summed E-state index contributed by atoms with van der Waals surface area (Å²) in [6.45, 7) is 0.900. The highest BCUT2D eigenvalue weighted by Crippen LogP contribution is 2.30. The van der Waals surface area contributed by atoms with E-state index in [9.17, 15) is 4.79 Å². The maximum Gasteiger partial charge on any atom is 0.227 e. The van der Waals surface area contributed by atoms with Crippen LogP contribution in [0.1, 0.15) is 30.2 Å². The summed E-state index contributed by atoms with van der Waals surface area (Å²) in [4.78, 5) is 12.2. The van der Waals surface area contributed by atoms with Gasteiger partial charge in [0.2, 0.25) is 5.91 Å². The normalized spacial score (nSPS) is 31.1. The lowest BCUT2D eigenvalue weighted by Gasteiger charge is -2.24. The predicted molar refractivity (Wildman–Crippen MR) is 64.8 cm³/mol. The molecule has 3 rings (SSSR count). The van der Waals surface area contributed by atoms with E-state index in [2.05, 4.69) is 5.32 Å². The van der Waals surface area contributed by atoms with Crippen LogP contribution < -0.4 is 11.1 Å². The molecule has 98 valence electrons. The van der Waals surface area contributed by atoms with Crippen molar-refractivity contribution in [2.45, 2.75) is 31.3 Å². The number of amides is 1. The van der Waals surface area contributed by atoms with Crippen molar-refractivity contribution in [1.82, 2.24) is 5.32 Å². The first-order valence-corrected chi connectivity index (χ1v) is 6.45. The highest BCUT2D eigenvalue weighted by Gasteiger charge is 2.33. The number of furan rings is 1. The Hall–Kier alpha value is -1.33. The van der Waals surface area contributed by atoms with Crippen LogP contribution in [0.3, 0.4) is 0 Å². The molecule has 18 heavy (non-hydrogen) atoms. The van der Waals surface area contributed by atoms with Gasteiger partial charge < -0.3 is 20.2 Å². The maximum atomic E-state index is 12.2. The largest absolute Gasteiger partial charge is 0.469 e. The fourth-order valence-electron chi connectivity index (χ4n) is 2.76. The molecule has 1 aromatic heterocycles. The van der Waals surface area contributed by atoms with Gasteiger partial charge in [0.25, 0.3) is 0 Å². The Morgan fingerprint density at radius 1 is 1.44 bits per heavy atom. The van der Waals surface area contributed by atoms with Crippen LogP contribution in [-0.2, 0) is 16.0 Å². The number of hydrogen-bond acceptors (Lipinski definition) is 4. The second kappa shape index (κ2) is 4.74. The van der Waals surface area contributed by atoms with Crippen LogP contribution >= 0.6 is 0 Å². The minimum absolute atomic E-state index is 0.000880. The number of nitrogens with two attached hydrogens (primary N) is 1. The maximum absolute atomic E-state index is 12.2. The molecule has 1 aliphatic heterocycles. The molecule has 1 saturated heterocycles. The Kier molecular flexibility index (Phi) is 3.09. The van der Waals surface area contributed by atoms with Gasteiger partial charge in [-0.1, -0.05) is 0 Å². The fraction of sp³-hybridized carbons (Fsp3) is 0.615. The summed E-state index contributed by atoms with van der Waals surface area (Å²) >= 11 is 0. The van der Waals surface area contributed by atoms with Crippen molar-refractivity contribution in [3.63, 3.8) is 0 Å². The van der Waals surface area contributed by atoms with Crippen molar-refractivity contribution >= 4 is 5.91 Å². The molecule has 1 fully saturated rings. The Morgan fingerprint density at radius 3 is 3.11 bits per heavy atom. The van der Waals surface area contributed by atoms with E-state index in [4.69, 9.17) is 14.9 Å². The Labute approximate surface area is 106 Å². The van der Waals surface area contributed by atoms with E-state index in [0.29, 0.717) is 13.2 Å². The van der Waals surface area contributed by atoms with Crippen molar-refractivity contribution in [1.29, 1.82) is 0 Å². The summed E-state index contributed by atoms with van der Waals surface area (Å²) in [5, 5.41) is 3.07. The molecule has 1 amide bonds. The predicted octanol–water partition coefficient (Wildman–Crippen LogP) is 0.747. The van der Waals surface area contributed by atoms with Gasteiger partial charge in [-0.25, -0.2) is 0 Å². The average molecular weight is 250 g/mol. The Balaban J connectivity index is 1.69. The van der Waals surface area contributed by atoms with Crippen LogP contribution in [0.5, 0.6) is 0 Å². The third-order valence-corrected chi connectivity index (χ3v) is 3.83. The van der Waals surface area contributed by atoms with Gasteiger partial charge in [-0.15, -0.1) is 0 Å². The lowest BCUT2D eigenvalue weighted by molar-refractivity contribution is -0.126. The van der Waals surface area contributed by atoms with Crippen molar-refractivity contribution in [3.8, 4) is 0 Å². The monoisotopic (exact) mass is 250 g/mol. The van der Waals surface area contributed by atoms with E-state index >= 15 is 0 Å². The summed E-state index contributed by atoms with van der Waals surface area (Å²) in [6.07, 6.45) is 4.65. The molecular weight excluding hydrogens is 232 g/mol. The SMILES string of the molecule is NC1COCC1C(=O)NC1CCCc2occc21. The molecule has 0 spiro atoms. The molecule has 0 bridgehead atoms. The third kappa shape index (κ3) is 2.04. The zero-order valence-electron chi connectivity index (χ0n) is 10.2. The molecule has 1 aliphatic carbocycles. The first-order chi connectivity index (χ1) is 8.75. The average Bonchev–Trinajstić information content (AvgIpc) is 2.97. The molecule has 5 heteroatoms. The molecule has 0 saturated carbocycles. The van der Waals surface area contributed by atoms with Gasteiger partial charge in [0.1, 0.15) is 5.76 Å². The summed E-state index contributed by atoms with van der Waals surface area (Å²) in [6, 6.07) is 1.83. The van der Waals surface area contributed by atoms with E-state index in [1.807, 2.05) is 6.07 Å². The summed E-state index contributed by atoms with van der Waals surface area (Å²) in [5.41, 5.74) is 6.97. The van der Waals surface area contributed by atoms with Gasteiger partial charge in [0.15, 0.2) is 0 Å². The van der Waals surface area contributed by atoms with Crippen molar-refractivity contribution in [2.24, 2.45) is 11.7 Å². The van der Waals surface area contributed by atoms with E-state index < -0.39 is 0 Å². The van der Waals surface area contributed by atoms with E-state index in [0.717, 1.165) is 30.6 Å². The van der Waals surface area contributed by atoms with Gasteiger partial charge >= 0.3 is 0 Å². The molecule has 0 radical (unpaired) electrons. The number of hydrogen-bond donors (Lipinski definition) is 2. The molecule has 3 atom stereocenters. The number of fused-ring (bicyclic) bond motifs is 1. The minimum Gasteiger partial charge on any atom is -0.469 e. The van der Waals surface area contributed by atoms with Crippen LogP contribution in [-0.4, -0.2) is 25.2 Å². The van der Waals surface area contributed by atoms with Gasteiger partial charge in [0, 0.05) is 18.0 Å². The highest BCUT2D eigenvalue weighted by atomic mass is 16.5. The topological polar surface area (TPSA) is 77.5 Å². The first kappa shape index (κ1) is 11.7. The molecule has 3 unspecified atom stereocenters. The standard InChI is InChI=1S/C13H18N2O3/c14-10-7-17-6-9(10)13(16)15-11-2-1-3-12-8(11)4-5-18-12/h4-5,9-11H,1-3,6-7,14H2,(H,15,16). The second-order valence-corrected chi connectivity index (χ2v) is 5.06. The molecule has 2 heterocycles. The summed E-state index contributed by atoms with van der Waals surface area (Å²) < 4.78 is 10.6. The molecule has 2 aliphatic rings. The zero-order chi connectivity index (χ0) is 12.5. The molecule has 5 nitrogen and oxygen atoms in total. The van der Waals surface area contributed by atoms with Crippen LogP contribution in [0.2, 0.25) is 0 Å². The molecule has 3 N–H and O–H groups in total. The van der Waals surface area contributed by atoms with Gasteiger partial charge in [0.05, 0.1) is 31.4 Å². The van der Waals surface area contributed by atoms with E-state index in [1.165, 1.54) is 0 Å². The molecular formula is C13H18N2O3. The van der Waals surface area contributed by atoms with Gasteiger partial charge in [-0.3, -0.25) is 4.79 Å². The number of nitrogens with one attached hydrogen (secondary N) is 1. The van der Waals surface area contributed by atoms with E-state index in [1.54, 1.807) is 6.26 Å². The zero-order valence-corrected chi connectivity index (χ0v) is 10.2. The number of aryl methyl sites for hydroxylation is 1. The van der Waals surface area contributed by atoms with Crippen LogP contribution in [0.15, 0.2) is 16.7 Å². The van der Waals surface area contributed by atoms with Crippen molar-refractivity contribution in [3.05, 3.63) is 23.7 Å². The fourth-order valence-corrected chi connectivity index (χ4v) is 2.76. The Morgan fingerprint density at radius 2 is 2.33 bits per heavy atom. The molecule has 0 aromatic carbocycles. The third-order valence-electron chi connectivity index (χ3n) is 3.83. The summed E-state index contributed by atoms with van der Waals surface area (Å²) in [5.74, 6) is 0.778. The van der Waals surface area contributed by atoms with Gasteiger partial charge in [-0.05, 0) is 18.9 Å².